The molecule has 0 aliphatic heterocycles. The molecule has 1 unspecified atom stereocenters. The van der Waals surface area contributed by atoms with Crippen molar-refractivity contribution in [2.75, 3.05) is 6.54 Å². The number of hydrogen-bond donors (Lipinski definition) is 0. The van der Waals surface area contributed by atoms with Crippen molar-refractivity contribution in [3.8, 4) is 11.6 Å². The maximum atomic E-state index is 13.0. The van der Waals surface area contributed by atoms with Crippen LogP contribution in [0.4, 0.5) is 0 Å². The maximum Gasteiger partial charge on any atom is 0.236 e. The van der Waals surface area contributed by atoms with Crippen molar-refractivity contribution < 1.29 is 9.21 Å². The fourth-order valence-corrected chi connectivity index (χ4v) is 3.81. The first-order chi connectivity index (χ1) is 13.6. The molecule has 0 aliphatic carbocycles. The molecule has 3 aromatic rings. The Bertz CT molecular complexity index is 906. The van der Waals surface area contributed by atoms with Crippen LogP contribution in [0.3, 0.4) is 0 Å². The molecule has 28 heavy (non-hydrogen) atoms. The molecule has 3 rings (SSSR count). The van der Waals surface area contributed by atoms with Gasteiger partial charge in [0, 0.05) is 19.6 Å². The zero-order valence-electron chi connectivity index (χ0n) is 16.1. The third-order valence-corrected chi connectivity index (χ3v) is 5.38. The van der Waals surface area contributed by atoms with Crippen LogP contribution in [0, 0.1) is 0 Å². The monoisotopic (exact) mass is 396 g/mol. The summed E-state index contributed by atoms with van der Waals surface area (Å²) in [7, 11) is 0. The number of aromatic nitrogens is 3. The predicted octanol–water partition coefficient (Wildman–Crippen LogP) is 4.25. The molecule has 146 valence electrons. The summed E-state index contributed by atoms with van der Waals surface area (Å²) < 4.78 is 7.36. The second-order valence-electron chi connectivity index (χ2n) is 6.28. The van der Waals surface area contributed by atoms with Crippen LogP contribution in [0.15, 0.2) is 71.0 Å². The summed E-state index contributed by atoms with van der Waals surface area (Å²) in [6.07, 6.45) is 3.38. The highest BCUT2D eigenvalue weighted by Gasteiger charge is 2.24. The zero-order chi connectivity index (χ0) is 19.9. The van der Waals surface area contributed by atoms with Crippen LogP contribution in [-0.2, 0) is 17.9 Å². The van der Waals surface area contributed by atoms with Gasteiger partial charge in [0.1, 0.15) is 0 Å². The standard InChI is InChI=1S/C21H24N4O2S/c1-4-13-25-19(18-12-9-14-27-18)22-23-21(25)28-16(3)20(26)24(5-2)15-17-10-7-6-8-11-17/h4,6-12,14,16H,1,5,13,15H2,2-3H3. The van der Waals surface area contributed by atoms with Gasteiger partial charge in [-0.1, -0.05) is 48.2 Å². The van der Waals surface area contributed by atoms with Crippen molar-refractivity contribution in [1.82, 2.24) is 19.7 Å². The molecule has 0 saturated heterocycles. The van der Waals surface area contributed by atoms with Gasteiger partial charge in [0.15, 0.2) is 10.9 Å². The van der Waals surface area contributed by atoms with Gasteiger partial charge in [-0.05, 0) is 31.5 Å². The van der Waals surface area contributed by atoms with Crippen molar-refractivity contribution in [3.05, 3.63) is 66.9 Å². The van der Waals surface area contributed by atoms with E-state index in [0.29, 0.717) is 36.4 Å². The maximum absolute atomic E-state index is 13.0. The normalized spacial score (nSPS) is 11.9. The number of carbonyl (C=O) groups excluding carboxylic acids is 1. The average Bonchev–Trinajstić information content (AvgIpc) is 3.37. The highest BCUT2D eigenvalue weighted by atomic mass is 32.2. The Labute approximate surface area is 169 Å². The second-order valence-corrected chi connectivity index (χ2v) is 7.59. The van der Waals surface area contributed by atoms with E-state index in [2.05, 4.69) is 16.8 Å². The highest BCUT2D eigenvalue weighted by Crippen LogP contribution is 2.28. The van der Waals surface area contributed by atoms with Gasteiger partial charge >= 0.3 is 0 Å². The first-order valence-corrected chi connectivity index (χ1v) is 10.1. The molecule has 0 saturated carbocycles. The molecule has 0 fully saturated rings. The minimum atomic E-state index is -0.291. The fourth-order valence-electron chi connectivity index (χ4n) is 2.87. The molecule has 0 N–H and O–H groups in total. The summed E-state index contributed by atoms with van der Waals surface area (Å²) in [5.41, 5.74) is 1.12. The van der Waals surface area contributed by atoms with E-state index in [1.807, 2.05) is 65.8 Å². The molecule has 1 aromatic carbocycles. The molecular weight excluding hydrogens is 372 g/mol. The van der Waals surface area contributed by atoms with Crippen molar-refractivity contribution in [2.45, 2.75) is 37.3 Å². The smallest absolute Gasteiger partial charge is 0.236 e. The van der Waals surface area contributed by atoms with Crippen LogP contribution in [0.2, 0.25) is 0 Å². The van der Waals surface area contributed by atoms with E-state index < -0.39 is 0 Å². The van der Waals surface area contributed by atoms with Crippen molar-refractivity contribution in [3.63, 3.8) is 0 Å². The SMILES string of the molecule is C=CCn1c(SC(C)C(=O)N(CC)Cc2ccccc2)nnc1-c1ccco1. The number of benzene rings is 1. The summed E-state index contributed by atoms with van der Waals surface area (Å²) in [6, 6.07) is 13.7. The Morgan fingerprint density at radius 1 is 1.29 bits per heavy atom. The fraction of sp³-hybridized carbons (Fsp3) is 0.286. The van der Waals surface area contributed by atoms with Crippen LogP contribution >= 0.6 is 11.8 Å². The van der Waals surface area contributed by atoms with E-state index in [9.17, 15) is 4.79 Å². The molecule has 1 atom stereocenters. The number of rotatable bonds is 9. The molecule has 0 radical (unpaired) electrons. The minimum absolute atomic E-state index is 0.0732. The first-order valence-electron chi connectivity index (χ1n) is 9.21. The third kappa shape index (κ3) is 4.54. The Morgan fingerprint density at radius 3 is 2.71 bits per heavy atom. The number of allylic oxidation sites excluding steroid dienone is 1. The van der Waals surface area contributed by atoms with E-state index in [1.165, 1.54) is 11.8 Å². The summed E-state index contributed by atoms with van der Waals surface area (Å²) in [6.45, 7) is 9.49. The van der Waals surface area contributed by atoms with Crippen molar-refractivity contribution in [2.24, 2.45) is 0 Å². The third-order valence-electron chi connectivity index (χ3n) is 4.31. The van der Waals surface area contributed by atoms with E-state index in [0.717, 1.165) is 5.56 Å². The number of hydrogen-bond acceptors (Lipinski definition) is 5. The lowest BCUT2D eigenvalue weighted by Gasteiger charge is -2.24. The molecular formula is C21H24N4O2S. The van der Waals surface area contributed by atoms with E-state index in [1.54, 1.807) is 12.3 Å². The summed E-state index contributed by atoms with van der Waals surface area (Å²) in [4.78, 5) is 14.9. The van der Waals surface area contributed by atoms with Crippen LogP contribution < -0.4 is 0 Å². The van der Waals surface area contributed by atoms with Crippen LogP contribution in [0.25, 0.3) is 11.6 Å². The van der Waals surface area contributed by atoms with Crippen LogP contribution in [0.5, 0.6) is 0 Å². The van der Waals surface area contributed by atoms with Gasteiger partial charge < -0.3 is 9.32 Å². The molecule has 0 spiro atoms. The van der Waals surface area contributed by atoms with E-state index >= 15 is 0 Å². The summed E-state index contributed by atoms with van der Waals surface area (Å²) in [5.74, 6) is 1.34. The van der Waals surface area contributed by atoms with Gasteiger partial charge in [0.05, 0.1) is 11.5 Å². The molecule has 1 amide bonds. The van der Waals surface area contributed by atoms with Gasteiger partial charge in [-0.2, -0.15) is 0 Å². The van der Waals surface area contributed by atoms with Crippen LogP contribution in [0.1, 0.15) is 19.4 Å². The number of carbonyl (C=O) groups is 1. The second kappa shape index (κ2) is 9.41. The largest absolute Gasteiger partial charge is 0.461 e. The number of furan rings is 1. The predicted molar refractivity (Wildman–Crippen MR) is 111 cm³/mol. The molecule has 7 heteroatoms. The zero-order valence-corrected chi connectivity index (χ0v) is 16.9. The minimum Gasteiger partial charge on any atom is -0.461 e. The van der Waals surface area contributed by atoms with Gasteiger partial charge in [0.25, 0.3) is 0 Å². The lowest BCUT2D eigenvalue weighted by molar-refractivity contribution is -0.130. The van der Waals surface area contributed by atoms with E-state index in [-0.39, 0.29) is 11.2 Å². The van der Waals surface area contributed by atoms with Gasteiger partial charge in [-0.15, -0.1) is 16.8 Å². The molecule has 6 nitrogen and oxygen atoms in total. The molecule has 0 aliphatic rings. The molecule has 2 aromatic heterocycles. The summed E-state index contributed by atoms with van der Waals surface area (Å²) >= 11 is 1.40. The number of amides is 1. The number of nitrogens with zero attached hydrogens (tertiary/aromatic N) is 4. The lowest BCUT2D eigenvalue weighted by atomic mass is 10.2. The molecule has 0 bridgehead atoms. The number of thioether (sulfide) groups is 1. The highest BCUT2D eigenvalue weighted by molar-refractivity contribution is 8.00. The van der Waals surface area contributed by atoms with Crippen LogP contribution in [-0.4, -0.2) is 37.4 Å². The lowest BCUT2D eigenvalue weighted by Crippen LogP contribution is -2.36. The topological polar surface area (TPSA) is 64.2 Å². The van der Waals surface area contributed by atoms with E-state index in [4.69, 9.17) is 4.42 Å². The Hall–Kier alpha value is -2.80. The first kappa shape index (κ1) is 19.9. The van der Waals surface area contributed by atoms with Crippen molar-refractivity contribution >= 4 is 17.7 Å². The van der Waals surface area contributed by atoms with Gasteiger partial charge in [0.2, 0.25) is 11.7 Å². The quantitative estimate of drug-likeness (QED) is 0.400. The summed E-state index contributed by atoms with van der Waals surface area (Å²) in [5, 5.41) is 8.91. The van der Waals surface area contributed by atoms with Gasteiger partial charge in [-0.3, -0.25) is 9.36 Å². The Balaban J connectivity index is 1.75. The Morgan fingerprint density at radius 2 is 2.07 bits per heavy atom. The Kier molecular flexibility index (Phi) is 6.71. The van der Waals surface area contributed by atoms with Crippen molar-refractivity contribution in [1.29, 1.82) is 0 Å². The average molecular weight is 397 g/mol. The van der Waals surface area contributed by atoms with Gasteiger partial charge in [-0.25, -0.2) is 0 Å². The molecule has 2 heterocycles.